The molecule has 0 aromatic heterocycles. The van der Waals surface area contributed by atoms with Crippen molar-refractivity contribution in [3.63, 3.8) is 0 Å². The zero-order valence-electron chi connectivity index (χ0n) is 15.3. The van der Waals surface area contributed by atoms with Crippen LogP contribution < -0.4 is 5.32 Å². The zero-order chi connectivity index (χ0) is 19.6. The van der Waals surface area contributed by atoms with Crippen molar-refractivity contribution in [3.05, 3.63) is 29.8 Å². The highest BCUT2D eigenvalue weighted by atomic mass is 32.2. The Hall–Kier alpha value is -1.58. The van der Waals surface area contributed by atoms with Crippen molar-refractivity contribution in [3.8, 4) is 0 Å². The van der Waals surface area contributed by atoms with E-state index in [0.717, 1.165) is 42.4 Å². The van der Waals surface area contributed by atoms with Gasteiger partial charge in [-0.1, -0.05) is 0 Å². The molecular weight excluding hydrogens is 376 g/mol. The summed E-state index contributed by atoms with van der Waals surface area (Å²) in [6.07, 6.45) is 2.56. The van der Waals surface area contributed by atoms with Gasteiger partial charge >= 0.3 is 0 Å². The van der Waals surface area contributed by atoms with Gasteiger partial charge in [-0.15, -0.1) is 0 Å². The maximum atomic E-state index is 13.9. The highest BCUT2D eigenvalue weighted by molar-refractivity contribution is 7.89. The molecule has 2 fully saturated rings. The lowest BCUT2D eigenvalue weighted by Gasteiger charge is -2.33. The summed E-state index contributed by atoms with van der Waals surface area (Å²) >= 11 is 0. The number of carbonyl (C=O) groups is 1. The fourth-order valence-corrected chi connectivity index (χ4v) is 5.19. The lowest BCUT2D eigenvalue weighted by molar-refractivity contribution is -0.127. The van der Waals surface area contributed by atoms with Crippen LogP contribution in [-0.2, 0) is 14.8 Å². The molecule has 1 N–H and O–H groups in total. The highest BCUT2D eigenvalue weighted by Gasteiger charge is 2.34. The smallest absolute Gasteiger partial charge is 0.246 e. The van der Waals surface area contributed by atoms with Crippen molar-refractivity contribution in [2.75, 3.05) is 33.2 Å². The number of rotatable bonds is 4. The lowest BCUT2D eigenvalue weighted by atomic mass is 9.96. The van der Waals surface area contributed by atoms with E-state index in [9.17, 15) is 22.0 Å². The summed E-state index contributed by atoms with van der Waals surface area (Å²) < 4.78 is 53.6. The van der Waals surface area contributed by atoms with E-state index in [1.165, 1.54) is 0 Å². The number of nitrogens with one attached hydrogen (secondary N) is 1. The lowest BCUT2D eigenvalue weighted by Crippen LogP contribution is -2.48. The van der Waals surface area contributed by atoms with E-state index >= 15 is 0 Å². The molecule has 1 aromatic rings. The zero-order valence-corrected chi connectivity index (χ0v) is 16.1. The number of benzene rings is 1. The minimum atomic E-state index is -4.12. The van der Waals surface area contributed by atoms with Gasteiger partial charge < -0.3 is 10.2 Å². The van der Waals surface area contributed by atoms with Gasteiger partial charge in [-0.25, -0.2) is 17.2 Å². The van der Waals surface area contributed by atoms with E-state index in [1.54, 1.807) is 0 Å². The molecule has 27 heavy (non-hydrogen) atoms. The van der Waals surface area contributed by atoms with Crippen molar-refractivity contribution in [2.45, 2.75) is 36.6 Å². The molecule has 2 saturated heterocycles. The molecule has 150 valence electrons. The van der Waals surface area contributed by atoms with E-state index in [0.29, 0.717) is 18.9 Å². The third kappa shape index (κ3) is 4.64. The number of hydrogen-bond donors (Lipinski definition) is 1. The van der Waals surface area contributed by atoms with Crippen LogP contribution in [0.5, 0.6) is 0 Å². The van der Waals surface area contributed by atoms with Crippen LogP contribution in [0.2, 0.25) is 0 Å². The average molecular weight is 401 g/mol. The molecule has 0 saturated carbocycles. The number of amides is 1. The summed E-state index contributed by atoms with van der Waals surface area (Å²) in [4.78, 5) is 14.0. The Morgan fingerprint density at radius 2 is 1.70 bits per heavy atom. The molecule has 2 aliphatic heterocycles. The first-order valence-electron chi connectivity index (χ1n) is 9.21. The number of halogens is 2. The fraction of sp³-hybridized carbons (Fsp3) is 0.611. The third-order valence-electron chi connectivity index (χ3n) is 5.40. The first kappa shape index (κ1) is 20.2. The Morgan fingerprint density at radius 1 is 1.07 bits per heavy atom. The van der Waals surface area contributed by atoms with Gasteiger partial charge in [0.15, 0.2) is 0 Å². The Kier molecular flexibility index (Phi) is 6.12. The van der Waals surface area contributed by atoms with Gasteiger partial charge in [0.05, 0.1) is 0 Å². The molecule has 6 nitrogen and oxygen atoms in total. The molecule has 0 atom stereocenters. The topological polar surface area (TPSA) is 69.7 Å². The monoisotopic (exact) mass is 401 g/mol. The predicted octanol–water partition coefficient (Wildman–Crippen LogP) is 1.58. The summed E-state index contributed by atoms with van der Waals surface area (Å²) in [6.45, 7) is 2.12. The first-order valence-corrected chi connectivity index (χ1v) is 10.7. The van der Waals surface area contributed by atoms with Crippen molar-refractivity contribution in [1.29, 1.82) is 0 Å². The van der Waals surface area contributed by atoms with Crippen LogP contribution in [0.3, 0.4) is 0 Å². The molecule has 0 spiro atoms. The first-order chi connectivity index (χ1) is 12.8. The number of hydrogen-bond acceptors (Lipinski definition) is 4. The molecule has 0 aliphatic carbocycles. The Labute approximate surface area is 158 Å². The standard InChI is InChI=1S/C18H25F2N3O3S/c1-22-8-6-15(7-9-22)21-18(24)13-4-10-23(11-5-13)27(25,26)17-12-14(19)2-3-16(17)20/h2-3,12-13,15H,4-11H2,1H3,(H,21,24). The van der Waals surface area contributed by atoms with E-state index in [1.807, 2.05) is 0 Å². The molecule has 2 heterocycles. The summed E-state index contributed by atoms with van der Waals surface area (Å²) in [5.41, 5.74) is 0. The Balaban J connectivity index is 1.58. The van der Waals surface area contributed by atoms with Gasteiger partial charge in [-0.05, 0) is 64.0 Å². The van der Waals surface area contributed by atoms with Crippen molar-refractivity contribution in [2.24, 2.45) is 5.92 Å². The van der Waals surface area contributed by atoms with Crippen molar-refractivity contribution in [1.82, 2.24) is 14.5 Å². The van der Waals surface area contributed by atoms with Gasteiger partial charge in [0.1, 0.15) is 16.5 Å². The van der Waals surface area contributed by atoms with Crippen LogP contribution in [0, 0.1) is 17.6 Å². The number of carbonyl (C=O) groups excluding carboxylic acids is 1. The number of likely N-dealkylation sites (tertiary alicyclic amines) is 1. The number of nitrogens with zero attached hydrogens (tertiary/aromatic N) is 2. The van der Waals surface area contributed by atoms with Crippen LogP contribution >= 0.6 is 0 Å². The molecule has 1 amide bonds. The molecular formula is C18H25F2N3O3S. The highest BCUT2D eigenvalue weighted by Crippen LogP contribution is 2.26. The van der Waals surface area contributed by atoms with E-state index in [4.69, 9.17) is 0 Å². The van der Waals surface area contributed by atoms with Crippen molar-refractivity contribution >= 4 is 15.9 Å². The molecule has 3 rings (SSSR count). The van der Waals surface area contributed by atoms with Crippen LogP contribution in [0.15, 0.2) is 23.1 Å². The maximum Gasteiger partial charge on any atom is 0.246 e. The molecule has 0 unspecified atom stereocenters. The van der Waals surface area contributed by atoms with E-state index in [2.05, 4.69) is 17.3 Å². The van der Waals surface area contributed by atoms with Crippen LogP contribution in [0.1, 0.15) is 25.7 Å². The minimum absolute atomic E-state index is 0.0430. The predicted molar refractivity (Wildman–Crippen MR) is 96.5 cm³/mol. The second kappa shape index (κ2) is 8.20. The minimum Gasteiger partial charge on any atom is -0.353 e. The quantitative estimate of drug-likeness (QED) is 0.832. The number of piperidine rings is 2. The summed E-state index contributed by atoms with van der Waals surface area (Å²) in [7, 11) is -2.07. The molecule has 0 radical (unpaired) electrons. The SMILES string of the molecule is CN1CCC(NC(=O)C2CCN(S(=O)(=O)c3cc(F)ccc3F)CC2)CC1. The second-order valence-electron chi connectivity index (χ2n) is 7.34. The van der Waals surface area contributed by atoms with E-state index in [-0.39, 0.29) is 31.0 Å². The van der Waals surface area contributed by atoms with Gasteiger partial charge in [-0.3, -0.25) is 4.79 Å². The number of sulfonamides is 1. The van der Waals surface area contributed by atoms with Gasteiger partial charge in [-0.2, -0.15) is 4.31 Å². The van der Waals surface area contributed by atoms with Crippen molar-refractivity contribution < 1.29 is 22.0 Å². The maximum absolute atomic E-state index is 13.9. The third-order valence-corrected chi connectivity index (χ3v) is 7.31. The van der Waals surface area contributed by atoms with Crippen LogP contribution in [0.25, 0.3) is 0 Å². The van der Waals surface area contributed by atoms with Gasteiger partial charge in [0.2, 0.25) is 15.9 Å². The van der Waals surface area contributed by atoms with E-state index < -0.39 is 26.6 Å². The Bertz CT molecular complexity index is 787. The Morgan fingerprint density at radius 3 is 2.33 bits per heavy atom. The summed E-state index contributed by atoms with van der Waals surface area (Å²) in [6, 6.07) is 2.55. The van der Waals surface area contributed by atoms with Gasteiger partial charge in [0, 0.05) is 25.0 Å². The molecule has 0 bridgehead atoms. The van der Waals surface area contributed by atoms with Crippen LogP contribution in [0.4, 0.5) is 8.78 Å². The summed E-state index contributed by atoms with van der Waals surface area (Å²) in [5, 5.41) is 3.07. The average Bonchev–Trinajstić information content (AvgIpc) is 2.65. The van der Waals surface area contributed by atoms with Gasteiger partial charge in [0.25, 0.3) is 0 Å². The normalized spacial score (nSPS) is 21.3. The molecule has 1 aromatic carbocycles. The van der Waals surface area contributed by atoms with Crippen LogP contribution in [-0.4, -0.2) is 62.8 Å². The largest absolute Gasteiger partial charge is 0.353 e. The fourth-order valence-electron chi connectivity index (χ4n) is 3.64. The summed E-state index contributed by atoms with van der Waals surface area (Å²) in [5.74, 6) is -2.08. The molecule has 2 aliphatic rings. The molecule has 9 heteroatoms. The second-order valence-corrected chi connectivity index (χ2v) is 9.25.